The molecule has 0 bridgehead atoms. The van der Waals surface area contributed by atoms with Crippen molar-refractivity contribution < 1.29 is 9.84 Å². The molecule has 154 valence electrons. The highest BCUT2D eigenvalue weighted by Gasteiger charge is 2.28. The topological polar surface area (TPSA) is 64.6 Å². The molecule has 0 saturated carbocycles. The van der Waals surface area contributed by atoms with E-state index < -0.39 is 0 Å². The van der Waals surface area contributed by atoms with Gasteiger partial charge in [-0.3, -0.25) is 9.80 Å². The van der Waals surface area contributed by atoms with Crippen LogP contribution in [0.1, 0.15) is 43.0 Å². The van der Waals surface area contributed by atoms with E-state index in [1.54, 1.807) is 0 Å². The number of aryl methyl sites for hydroxylation is 2. The van der Waals surface area contributed by atoms with E-state index in [0.29, 0.717) is 12.6 Å². The Morgan fingerprint density at radius 1 is 1.21 bits per heavy atom. The van der Waals surface area contributed by atoms with Crippen molar-refractivity contribution in [3.63, 3.8) is 0 Å². The van der Waals surface area contributed by atoms with Crippen molar-refractivity contribution in [2.45, 2.75) is 52.7 Å². The molecule has 1 aliphatic heterocycles. The standard InChI is InChI=1S/C22H34N4O2/c1-4-22-23-17(3)20(24-22)16-25-11-12-26(19(15-25)10-13-27)14-18-8-6-7-9-21(18)28-5-2/h6-9,19,27H,4-5,10-16H2,1-3H3,(H,23,24)/t19-/m0/s1. The fourth-order valence-electron chi connectivity index (χ4n) is 3.98. The summed E-state index contributed by atoms with van der Waals surface area (Å²) in [5.41, 5.74) is 3.54. The second kappa shape index (κ2) is 10.0. The Kier molecular flexibility index (Phi) is 7.48. The first-order chi connectivity index (χ1) is 13.6. The number of H-pyrrole nitrogens is 1. The number of benzene rings is 1. The molecule has 0 unspecified atom stereocenters. The van der Waals surface area contributed by atoms with Crippen LogP contribution in [0, 0.1) is 6.92 Å². The van der Waals surface area contributed by atoms with Crippen LogP contribution >= 0.6 is 0 Å². The molecule has 6 heteroatoms. The molecule has 0 amide bonds. The zero-order valence-corrected chi connectivity index (χ0v) is 17.4. The summed E-state index contributed by atoms with van der Waals surface area (Å²) in [7, 11) is 0. The van der Waals surface area contributed by atoms with Gasteiger partial charge in [0.25, 0.3) is 0 Å². The molecule has 3 rings (SSSR count). The number of aliphatic hydroxyl groups excluding tert-OH is 1. The van der Waals surface area contributed by atoms with Gasteiger partial charge in [0.1, 0.15) is 11.6 Å². The molecule has 1 fully saturated rings. The minimum atomic E-state index is 0.212. The van der Waals surface area contributed by atoms with Crippen molar-refractivity contribution in [2.24, 2.45) is 0 Å². The zero-order valence-electron chi connectivity index (χ0n) is 17.4. The minimum absolute atomic E-state index is 0.212. The Hall–Kier alpha value is -1.89. The van der Waals surface area contributed by atoms with Crippen LogP contribution in [0.25, 0.3) is 0 Å². The van der Waals surface area contributed by atoms with Gasteiger partial charge in [-0.15, -0.1) is 0 Å². The highest BCUT2D eigenvalue weighted by Crippen LogP contribution is 2.24. The van der Waals surface area contributed by atoms with Gasteiger partial charge >= 0.3 is 0 Å². The van der Waals surface area contributed by atoms with Crippen LogP contribution < -0.4 is 4.74 Å². The summed E-state index contributed by atoms with van der Waals surface area (Å²) < 4.78 is 5.80. The van der Waals surface area contributed by atoms with Gasteiger partial charge in [0.2, 0.25) is 0 Å². The number of hydrogen-bond acceptors (Lipinski definition) is 5. The van der Waals surface area contributed by atoms with Crippen molar-refractivity contribution in [1.82, 2.24) is 19.8 Å². The first kappa shape index (κ1) is 20.8. The van der Waals surface area contributed by atoms with Crippen LogP contribution in [0.2, 0.25) is 0 Å². The summed E-state index contributed by atoms with van der Waals surface area (Å²) in [6.45, 7) is 11.8. The number of aromatic amines is 1. The van der Waals surface area contributed by atoms with Crippen molar-refractivity contribution in [3.05, 3.63) is 47.0 Å². The van der Waals surface area contributed by atoms with Gasteiger partial charge < -0.3 is 14.8 Å². The van der Waals surface area contributed by atoms with Crippen molar-refractivity contribution in [2.75, 3.05) is 32.8 Å². The van der Waals surface area contributed by atoms with E-state index in [1.165, 1.54) is 11.3 Å². The molecule has 2 N–H and O–H groups in total. The summed E-state index contributed by atoms with van der Waals surface area (Å²) >= 11 is 0. The van der Waals surface area contributed by atoms with Crippen molar-refractivity contribution in [3.8, 4) is 5.75 Å². The van der Waals surface area contributed by atoms with Gasteiger partial charge in [0.05, 0.1) is 12.3 Å². The maximum Gasteiger partial charge on any atom is 0.123 e. The summed E-state index contributed by atoms with van der Waals surface area (Å²) in [4.78, 5) is 13.1. The Morgan fingerprint density at radius 2 is 2.04 bits per heavy atom. The van der Waals surface area contributed by atoms with E-state index in [1.807, 2.05) is 19.1 Å². The van der Waals surface area contributed by atoms with Gasteiger partial charge in [0.15, 0.2) is 0 Å². The minimum Gasteiger partial charge on any atom is -0.494 e. The van der Waals surface area contributed by atoms with Crippen LogP contribution in [-0.4, -0.2) is 63.8 Å². The molecule has 0 radical (unpaired) electrons. The van der Waals surface area contributed by atoms with Crippen LogP contribution in [0.3, 0.4) is 0 Å². The van der Waals surface area contributed by atoms with E-state index >= 15 is 0 Å². The molecule has 1 atom stereocenters. The van der Waals surface area contributed by atoms with Gasteiger partial charge in [-0.05, 0) is 26.3 Å². The molecule has 1 aliphatic rings. The van der Waals surface area contributed by atoms with E-state index in [2.05, 4.69) is 40.8 Å². The van der Waals surface area contributed by atoms with Gasteiger partial charge in [-0.25, -0.2) is 4.98 Å². The Bertz CT molecular complexity index is 746. The summed E-state index contributed by atoms with van der Waals surface area (Å²) in [6, 6.07) is 8.61. The SMILES string of the molecule is CCOc1ccccc1CN1CCN(Cc2nc(CC)[nH]c2C)C[C@@H]1CCO. The Morgan fingerprint density at radius 3 is 2.75 bits per heavy atom. The van der Waals surface area contributed by atoms with E-state index in [4.69, 9.17) is 9.72 Å². The van der Waals surface area contributed by atoms with Crippen LogP contribution in [-0.2, 0) is 19.5 Å². The normalized spacial score (nSPS) is 18.5. The third-order valence-electron chi connectivity index (χ3n) is 5.54. The Labute approximate surface area is 168 Å². The highest BCUT2D eigenvalue weighted by molar-refractivity contribution is 5.33. The second-order valence-corrected chi connectivity index (χ2v) is 7.52. The van der Waals surface area contributed by atoms with Crippen LogP contribution in [0.4, 0.5) is 0 Å². The largest absolute Gasteiger partial charge is 0.494 e. The van der Waals surface area contributed by atoms with E-state index in [9.17, 15) is 5.11 Å². The predicted molar refractivity (Wildman–Crippen MR) is 111 cm³/mol. The van der Waals surface area contributed by atoms with Crippen LogP contribution in [0.5, 0.6) is 5.75 Å². The lowest BCUT2D eigenvalue weighted by Gasteiger charge is -2.41. The second-order valence-electron chi connectivity index (χ2n) is 7.52. The molecular weight excluding hydrogens is 352 g/mol. The summed E-state index contributed by atoms with van der Waals surface area (Å²) in [5.74, 6) is 2.03. The maximum absolute atomic E-state index is 9.61. The molecule has 28 heavy (non-hydrogen) atoms. The van der Waals surface area contributed by atoms with Gasteiger partial charge in [0, 0.05) is 63.1 Å². The molecule has 2 heterocycles. The quantitative estimate of drug-likeness (QED) is 0.694. The summed E-state index contributed by atoms with van der Waals surface area (Å²) in [6.07, 6.45) is 1.72. The molecule has 0 aliphatic carbocycles. The number of aromatic nitrogens is 2. The molecule has 0 spiro atoms. The third kappa shape index (κ3) is 5.13. The predicted octanol–water partition coefficient (Wildman–Crippen LogP) is 2.75. The van der Waals surface area contributed by atoms with Crippen molar-refractivity contribution >= 4 is 0 Å². The lowest BCUT2D eigenvalue weighted by molar-refractivity contribution is 0.0488. The molecule has 1 aromatic heterocycles. The zero-order chi connectivity index (χ0) is 19.9. The number of hydrogen-bond donors (Lipinski definition) is 2. The molecule has 6 nitrogen and oxygen atoms in total. The van der Waals surface area contributed by atoms with Gasteiger partial charge in [-0.2, -0.15) is 0 Å². The maximum atomic E-state index is 9.61. The number of piperazine rings is 1. The van der Waals surface area contributed by atoms with Crippen molar-refractivity contribution in [1.29, 1.82) is 0 Å². The smallest absolute Gasteiger partial charge is 0.123 e. The molecule has 1 aromatic carbocycles. The molecular formula is C22H34N4O2. The van der Waals surface area contributed by atoms with E-state index in [-0.39, 0.29) is 6.61 Å². The van der Waals surface area contributed by atoms with E-state index in [0.717, 1.165) is 62.8 Å². The lowest BCUT2D eigenvalue weighted by Crippen LogP contribution is -2.52. The number of imidazole rings is 1. The number of rotatable bonds is 9. The highest BCUT2D eigenvalue weighted by atomic mass is 16.5. The average Bonchev–Trinajstić information content (AvgIpc) is 3.05. The van der Waals surface area contributed by atoms with Crippen LogP contribution in [0.15, 0.2) is 24.3 Å². The molecule has 2 aromatic rings. The fraction of sp³-hybridized carbons (Fsp3) is 0.591. The lowest BCUT2D eigenvalue weighted by atomic mass is 10.1. The average molecular weight is 387 g/mol. The number of aliphatic hydroxyl groups is 1. The first-order valence-corrected chi connectivity index (χ1v) is 10.5. The Balaban J connectivity index is 1.66. The third-order valence-corrected chi connectivity index (χ3v) is 5.54. The fourth-order valence-corrected chi connectivity index (χ4v) is 3.98. The summed E-state index contributed by atoms with van der Waals surface area (Å²) in [5, 5.41) is 9.61. The number of nitrogens with zero attached hydrogens (tertiary/aromatic N) is 3. The number of ether oxygens (including phenoxy) is 1. The number of nitrogens with one attached hydrogen (secondary N) is 1. The monoisotopic (exact) mass is 386 g/mol. The first-order valence-electron chi connectivity index (χ1n) is 10.5. The number of para-hydroxylation sites is 1. The molecule has 1 saturated heterocycles. The van der Waals surface area contributed by atoms with Gasteiger partial charge in [-0.1, -0.05) is 25.1 Å².